The number of carbonyl (C=O) groups excluding carboxylic acids is 2. The molecule has 0 spiro atoms. The first kappa shape index (κ1) is 24.5. The van der Waals surface area contributed by atoms with E-state index in [2.05, 4.69) is 24.3 Å². The number of furan rings is 1. The van der Waals surface area contributed by atoms with Gasteiger partial charge < -0.3 is 24.1 Å². The van der Waals surface area contributed by atoms with Gasteiger partial charge in [0.25, 0.3) is 5.91 Å². The van der Waals surface area contributed by atoms with Crippen molar-refractivity contribution in [3.63, 3.8) is 0 Å². The van der Waals surface area contributed by atoms with E-state index in [0.717, 1.165) is 36.8 Å². The second kappa shape index (κ2) is 10.4. The Morgan fingerprint density at radius 2 is 1.78 bits per heavy atom. The van der Waals surface area contributed by atoms with Crippen LogP contribution in [0.15, 0.2) is 59.0 Å². The standard InChI is InChI=1S/C29H34N2O5/c1-35-20-27(32)30-16-12-29(34,13-17-30)24-9-10-25-23(18-24)19-26(36-25)28(33)31-14-5-8-22(11-15-31)21-6-3-2-4-7-21/h2-4,6-7,9-10,18-19,22,34H,5,8,11-17,20H2,1H3/t22-/m0/s1. The van der Waals surface area contributed by atoms with Gasteiger partial charge >= 0.3 is 0 Å². The average Bonchev–Trinajstić information content (AvgIpc) is 3.18. The molecule has 1 aromatic heterocycles. The van der Waals surface area contributed by atoms with Crippen LogP contribution in [0.5, 0.6) is 0 Å². The molecule has 0 radical (unpaired) electrons. The lowest BCUT2D eigenvalue weighted by molar-refractivity contribution is -0.139. The third-order valence-corrected chi connectivity index (χ3v) is 7.76. The predicted octanol–water partition coefficient (Wildman–Crippen LogP) is 4.30. The molecule has 2 aliphatic heterocycles. The van der Waals surface area contributed by atoms with Crippen LogP contribution in [0, 0.1) is 0 Å². The maximum atomic E-state index is 13.3. The quantitative estimate of drug-likeness (QED) is 0.577. The highest BCUT2D eigenvalue weighted by molar-refractivity contribution is 5.96. The van der Waals surface area contributed by atoms with Gasteiger partial charge in [0.1, 0.15) is 12.2 Å². The topological polar surface area (TPSA) is 83.2 Å². The number of likely N-dealkylation sites (tertiary alicyclic amines) is 2. The van der Waals surface area contributed by atoms with Crippen molar-refractivity contribution in [3.8, 4) is 0 Å². The Hall–Kier alpha value is -3.16. The number of benzene rings is 2. The number of amides is 2. The Bertz CT molecular complexity index is 1210. The van der Waals surface area contributed by atoms with Crippen molar-refractivity contribution >= 4 is 22.8 Å². The van der Waals surface area contributed by atoms with Crippen LogP contribution in [0.4, 0.5) is 0 Å². The summed E-state index contributed by atoms with van der Waals surface area (Å²) in [5.41, 5.74) is 1.75. The van der Waals surface area contributed by atoms with Gasteiger partial charge in [0.2, 0.25) is 5.91 Å². The van der Waals surface area contributed by atoms with Gasteiger partial charge in [-0.3, -0.25) is 9.59 Å². The van der Waals surface area contributed by atoms with Gasteiger partial charge in [-0.25, -0.2) is 0 Å². The molecule has 0 bridgehead atoms. The summed E-state index contributed by atoms with van der Waals surface area (Å²) in [5, 5.41) is 12.1. The minimum atomic E-state index is -1.02. The van der Waals surface area contributed by atoms with Crippen LogP contribution in [-0.2, 0) is 15.1 Å². The lowest BCUT2D eigenvalue weighted by atomic mass is 9.84. The van der Waals surface area contributed by atoms with Gasteiger partial charge in [0, 0.05) is 38.7 Å². The minimum Gasteiger partial charge on any atom is -0.451 e. The first-order valence-corrected chi connectivity index (χ1v) is 12.8. The third kappa shape index (κ3) is 5.04. The zero-order valence-electron chi connectivity index (χ0n) is 20.8. The van der Waals surface area contributed by atoms with Crippen molar-refractivity contribution in [1.29, 1.82) is 0 Å². The van der Waals surface area contributed by atoms with Crippen molar-refractivity contribution in [2.45, 2.75) is 43.6 Å². The molecule has 0 saturated carbocycles. The van der Waals surface area contributed by atoms with Crippen LogP contribution < -0.4 is 0 Å². The van der Waals surface area contributed by atoms with E-state index in [1.807, 2.05) is 29.2 Å². The number of nitrogens with zero attached hydrogens (tertiary/aromatic N) is 2. The molecule has 1 N–H and O–H groups in total. The number of hydrogen-bond acceptors (Lipinski definition) is 5. The first-order chi connectivity index (χ1) is 17.5. The lowest BCUT2D eigenvalue weighted by Gasteiger charge is -2.38. The molecule has 2 saturated heterocycles. The molecule has 2 aromatic carbocycles. The van der Waals surface area contributed by atoms with E-state index in [1.54, 1.807) is 11.0 Å². The van der Waals surface area contributed by atoms with E-state index in [-0.39, 0.29) is 18.4 Å². The molecule has 3 heterocycles. The zero-order valence-corrected chi connectivity index (χ0v) is 20.8. The fourth-order valence-electron chi connectivity index (χ4n) is 5.58. The Morgan fingerprint density at radius 3 is 2.53 bits per heavy atom. The molecule has 2 fully saturated rings. The average molecular weight is 491 g/mol. The normalized spacial score (nSPS) is 20.3. The lowest BCUT2D eigenvalue weighted by Crippen LogP contribution is -2.46. The highest BCUT2D eigenvalue weighted by Gasteiger charge is 2.36. The smallest absolute Gasteiger partial charge is 0.289 e. The summed E-state index contributed by atoms with van der Waals surface area (Å²) in [6.45, 7) is 2.44. The summed E-state index contributed by atoms with van der Waals surface area (Å²) >= 11 is 0. The van der Waals surface area contributed by atoms with Gasteiger partial charge in [0.05, 0.1) is 5.60 Å². The molecule has 0 unspecified atom stereocenters. The Balaban J connectivity index is 1.27. The van der Waals surface area contributed by atoms with Crippen molar-refractivity contribution < 1.29 is 23.8 Å². The number of hydrogen-bond donors (Lipinski definition) is 1. The SMILES string of the molecule is COCC(=O)N1CCC(O)(c2ccc3oc(C(=O)N4CCC[C@H](c5ccccc5)CC4)cc3c2)CC1. The van der Waals surface area contributed by atoms with E-state index >= 15 is 0 Å². The molecule has 0 aliphatic carbocycles. The second-order valence-electron chi connectivity index (χ2n) is 10.0. The fourth-order valence-corrected chi connectivity index (χ4v) is 5.58. The van der Waals surface area contributed by atoms with Crippen LogP contribution in [0.25, 0.3) is 11.0 Å². The molecule has 36 heavy (non-hydrogen) atoms. The molecular formula is C29H34N2O5. The fraction of sp³-hybridized carbons (Fsp3) is 0.448. The maximum Gasteiger partial charge on any atom is 0.289 e. The van der Waals surface area contributed by atoms with E-state index in [4.69, 9.17) is 9.15 Å². The van der Waals surface area contributed by atoms with E-state index < -0.39 is 5.60 Å². The number of ether oxygens (including phenoxy) is 1. The number of methoxy groups -OCH3 is 1. The van der Waals surface area contributed by atoms with E-state index in [1.165, 1.54) is 12.7 Å². The van der Waals surface area contributed by atoms with Crippen molar-refractivity contribution in [2.24, 2.45) is 0 Å². The van der Waals surface area contributed by atoms with Gasteiger partial charge in [-0.05, 0) is 67.3 Å². The largest absolute Gasteiger partial charge is 0.451 e. The summed E-state index contributed by atoms with van der Waals surface area (Å²) in [5.74, 6) is 0.674. The number of piperidine rings is 1. The number of carbonyl (C=O) groups is 2. The molecular weight excluding hydrogens is 456 g/mol. The third-order valence-electron chi connectivity index (χ3n) is 7.76. The van der Waals surface area contributed by atoms with Crippen LogP contribution in [0.1, 0.15) is 59.7 Å². The zero-order chi connectivity index (χ0) is 25.1. The number of rotatable bonds is 5. The summed E-state index contributed by atoms with van der Waals surface area (Å²) in [6, 6.07) is 17.9. The van der Waals surface area contributed by atoms with E-state index in [9.17, 15) is 14.7 Å². The van der Waals surface area contributed by atoms with Crippen molar-refractivity contribution in [3.05, 3.63) is 71.5 Å². The summed E-state index contributed by atoms with van der Waals surface area (Å²) in [6.07, 6.45) is 3.88. The van der Waals surface area contributed by atoms with E-state index in [0.29, 0.717) is 49.7 Å². The van der Waals surface area contributed by atoms with Crippen LogP contribution in [-0.4, -0.2) is 66.6 Å². The number of fused-ring (bicyclic) bond motifs is 1. The highest BCUT2D eigenvalue weighted by atomic mass is 16.5. The summed E-state index contributed by atoms with van der Waals surface area (Å²) < 4.78 is 10.9. The summed E-state index contributed by atoms with van der Waals surface area (Å²) in [4.78, 5) is 29.0. The van der Waals surface area contributed by atoms with Crippen molar-refractivity contribution in [2.75, 3.05) is 39.9 Å². The maximum absolute atomic E-state index is 13.3. The Labute approximate surface area is 211 Å². The molecule has 3 aromatic rings. The minimum absolute atomic E-state index is 0.0557. The number of aliphatic hydroxyl groups is 1. The van der Waals surface area contributed by atoms with Gasteiger partial charge in [-0.15, -0.1) is 0 Å². The van der Waals surface area contributed by atoms with Gasteiger partial charge in [-0.2, -0.15) is 0 Å². The first-order valence-electron chi connectivity index (χ1n) is 12.8. The molecule has 7 heteroatoms. The predicted molar refractivity (Wildman–Crippen MR) is 137 cm³/mol. The van der Waals surface area contributed by atoms with Gasteiger partial charge in [-0.1, -0.05) is 36.4 Å². The van der Waals surface area contributed by atoms with Crippen LogP contribution in [0.3, 0.4) is 0 Å². The molecule has 2 amide bonds. The van der Waals surface area contributed by atoms with Crippen LogP contribution in [0.2, 0.25) is 0 Å². The monoisotopic (exact) mass is 490 g/mol. The summed E-state index contributed by atoms with van der Waals surface area (Å²) in [7, 11) is 1.51. The van der Waals surface area contributed by atoms with Crippen molar-refractivity contribution in [1.82, 2.24) is 9.80 Å². The molecule has 7 nitrogen and oxygen atoms in total. The van der Waals surface area contributed by atoms with Gasteiger partial charge in [0.15, 0.2) is 5.76 Å². The Morgan fingerprint density at radius 1 is 1.00 bits per heavy atom. The molecule has 2 aliphatic rings. The highest BCUT2D eigenvalue weighted by Crippen LogP contribution is 2.35. The van der Waals surface area contributed by atoms with Crippen LogP contribution >= 0.6 is 0 Å². The Kier molecular flexibility index (Phi) is 7.12. The molecule has 1 atom stereocenters. The molecule has 190 valence electrons. The molecule has 5 rings (SSSR count). The second-order valence-corrected chi connectivity index (χ2v) is 10.0.